The fourth-order valence-corrected chi connectivity index (χ4v) is 3.76. The molecule has 0 radical (unpaired) electrons. The largest absolute Gasteiger partial charge is 0.352 e. The lowest BCUT2D eigenvalue weighted by Gasteiger charge is -2.24. The third kappa shape index (κ3) is 5.33. The van der Waals surface area contributed by atoms with E-state index in [1.165, 1.54) is 10.6 Å². The maximum Gasteiger partial charge on any atom is 0.232 e. The van der Waals surface area contributed by atoms with E-state index in [0.717, 1.165) is 22.3 Å². The van der Waals surface area contributed by atoms with Crippen LogP contribution in [-0.2, 0) is 21.4 Å². The molecule has 0 atom stereocenters. The number of sulfonamides is 1. The van der Waals surface area contributed by atoms with Crippen molar-refractivity contribution in [2.24, 2.45) is 0 Å². The summed E-state index contributed by atoms with van der Waals surface area (Å²) in [7, 11) is -3.47. The Kier molecular flexibility index (Phi) is 6.42. The first-order chi connectivity index (χ1) is 12.2. The second-order valence-corrected chi connectivity index (χ2v) is 8.48. The van der Waals surface area contributed by atoms with Gasteiger partial charge < -0.3 is 5.32 Å². The van der Waals surface area contributed by atoms with Gasteiger partial charge in [0.05, 0.1) is 11.9 Å². The van der Waals surface area contributed by atoms with Crippen LogP contribution in [-0.4, -0.2) is 27.1 Å². The maximum atomic E-state index is 12.2. The molecule has 0 bridgehead atoms. The molecule has 5 nitrogen and oxygen atoms in total. The molecule has 1 N–H and O–H groups in total. The molecule has 2 aromatic carbocycles. The molecule has 1 amide bonds. The highest BCUT2D eigenvalue weighted by molar-refractivity contribution is 7.92. The van der Waals surface area contributed by atoms with Crippen LogP contribution in [0.2, 0.25) is 0 Å². The van der Waals surface area contributed by atoms with Crippen LogP contribution in [0.1, 0.15) is 28.7 Å². The van der Waals surface area contributed by atoms with Crippen molar-refractivity contribution in [2.45, 2.75) is 33.7 Å². The van der Waals surface area contributed by atoms with Crippen molar-refractivity contribution in [3.8, 4) is 0 Å². The molecule has 0 saturated heterocycles. The van der Waals surface area contributed by atoms with Gasteiger partial charge in [0.2, 0.25) is 15.9 Å². The number of rotatable bonds is 7. The molecule has 0 aromatic heterocycles. The first-order valence-electron chi connectivity index (χ1n) is 8.54. The van der Waals surface area contributed by atoms with Gasteiger partial charge in [-0.15, -0.1) is 0 Å². The maximum absolute atomic E-state index is 12.2. The fraction of sp³-hybridized carbons (Fsp3) is 0.350. The highest BCUT2D eigenvalue weighted by Gasteiger charge is 2.20. The normalized spacial score (nSPS) is 11.2. The molecule has 26 heavy (non-hydrogen) atoms. The van der Waals surface area contributed by atoms with Crippen LogP contribution in [0.3, 0.4) is 0 Å². The second-order valence-electron chi connectivity index (χ2n) is 6.57. The summed E-state index contributed by atoms with van der Waals surface area (Å²) < 4.78 is 25.7. The van der Waals surface area contributed by atoms with Crippen LogP contribution in [0.4, 0.5) is 5.69 Å². The van der Waals surface area contributed by atoms with Gasteiger partial charge in [-0.1, -0.05) is 42.0 Å². The average molecular weight is 375 g/mol. The second kappa shape index (κ2) is 8.36. The number of hydrogen-bond acceptors (Lipinski definition) is 3. The zero-order chi connectivity index (χ0) is 19.3. The van der Waals surface area contributed by atoms with Crippen LogP contribution in [0.15, 0.2) is 42.5 Å². The molecule has 2 rings (SSSR count). The van der Waals surface area contributed by atoms with Crippen molar-refractivity contribution >= 4 is 21.6 Å². The molecule has 0 heterocycles. The number of carbonyl (C=O) groups excluding carboxylic acids is 1. The lowest BCUT2D eigenvalue weighted by atomic mass is 10.1. The van der Waals surface area contributed by atoms with Gasteiger partial charge in [0.15, 0.2) is 0 Å². The Hall–Kier alpha value is -2.34. The summed E-state index contributed by atoms with van der Waals surface area (Å²) in [5.41, 5.74) is 4.69. The highest BCUT2D eigenvalue weighted by atomic mass is 32.2. The van der Waals surface area contributed by atoms with Crippen molar-refractivity contribution < 1.29 is 13.2 Å². The summed E-state index contributed by atoms with van der Waals surface area (Å²) in [4.78, 5) is 12.2. The first kappa shape index (κ1) is 20.0. The topological polar surface area (TPSA) is 66.5 Å². The molecule has 140 valence electrons. The number of nitrogens with one attached hydrogen (secondary N) is 1. The van der Waals surface area contributed by atoms with Crippen LogP contribution in [0.5, 0.6) is 0 Å². The monoisotopic (exact) mass is 374 g/mol. The number of anilines is 1. The van der Waals surface area contributed by atoms with E-state index in [2.05, 4.69) is 5.32 Å². The lowest BCUT2D eigenvalue weighted by molar-refractivity contribution is -0.121. The number of aryl methyl sites for hydroxylation is 2. The Morgan fingerprint density at radius 3 is 2.42 bits per heavy atom. The standard InChI is InChI=1S/C20H26N2O3S/c1-15-7-5-9-18(13-15)14-21-20(23)11-12-22(26(4,24)25)19-10-6-8-16(2)17(19)3/h5-10,13H,11-12,14H2,1-4H3,(H,21,23). The minimum atomic E-state index is -3.47. The van der Waals surface area contributed by atoms with Crippen molar-refractivity contribution in [2.75, 3.05) is 17.1 Å². The van der Waals surface area contributed by atoms with E-state index in [1.807, 2.05) is 57.2 Å². The van der Waals surface area contributed by atoms with Crippen molar-refractivity contribution in [1.29, 1.82) is 0 Å². The zero-order valence-electron chi connectivity index (χ0n) is 15.7. The zero-order valence-corrected chi connectivity index (χ0v) is 16.6. The predicted octanol–water partition coefficient (Wildman–Crippen LogP) is 3.08. The molecule has 0 spiro atoms. The smallest absolute Gasteiger partial charge is 0.232 e. The van der Waals surface area contributed by atoms with E-state index in [4.69, 9.17) is 0 Å². The first-order valence-corrected chi connectivity index (χ1v) is 10.4. The number of amides is 1. The molecule has 0 fully saturated rings. The third-order valence-electron chi connectivity index (χ3n) is 4.36. The number of benzene rings is 2. The summed E-state index contributed by atoms with van der Waals surface area (Å²) in [5, 5.41) is 2.85. The quantitative estimate of drug-likeness (QED) is 0.810. The summed E-state index contributed by atoms with van der Waals surface area (Å²) in [5.74, 6) is -0.175. The number of nitrogens with zero attached hydrogens (tertiary/aromatic N) is 1. The minimum Gasteiger partial charge on any atom is -0.352 e. The summed E-state index contributed by atoms with van der Waals surface area (Å²) in [6.07, 6.45) is 1.27. The number of carbonyl (C=O) groups is 1. The van der Waals surface area contributed by atoms with Gasteiger partial charge in [0, 0.05) is 19.5 Å². The Bertz CT molecular complexity index is 892. The van der Waals surface area contributed by atoms with Crippen LogP contribution >= 0.6 is 0 Å². The molecule has 0 aliphatic heterocycles. The van der Waals surface area contributed by atoms with Gasteiger partial charge in [-0.2, -0.15) is 0 Å². The van der Waals surface area contributed by atoms with Crippen molar-refractivity contribution in [3.05, 3.63) is 64.7 Å². The summed E-state index contributed by atoms with van der Waals surface area (Å²) in [6, 6.07) is 13.4. The SMILES string of the molecule is Cc1cccc(CNC(=O)CCN(c2cccc(C)c2C)S(C)(=O)=O)c1. The van der Waals surface area contributed by atoms with E-state index < -0.39 is 10.0 Å². The van der Waals surface area contributed by atoms with Crippen LogP contribution in [0, 0.1) is 20.8 Å². The molecule has 6 heteroatoms. The molecule has 0 saturated carbocycles. The van der Waals surface area contributed by atoms with Crippen LogP contribution in [0.25, 0.3) is 0 Å². The van der Waals surface area contributed by atoms with Crippen molar-refractivity contribution in [1.82, 2.24) is 5.32 Å². The van der Waals surface area contributed by atoms with Gasteiger partial charge in [-0.3, -0.25) is 9.10 Å². The molecular formula is C20H26N2O3S. The van der Waals surface area contributed by atoms with E-state index in [0.29, 0.717) is 12.2 Å². The molecule has 2 aromatic rings. The van der Waals surface area contributed by atoms with Gasteiger partial charge in [0.1, 0.15) is 0 Å². The predicted molar refractivity (Wildman–Crippen MR) is 106 cm³/mol. The molecule has 0 aliphatic carbocycles. The average Bonchev–Trinajstić information content (AvgIpc) is 2.56. The number of hydrogen-bond donors (Lipinski definition) is 1. The van der Waals surface area contributed by atoms with Gasteiger partial charge in [-0.25, -0.2) is 8.42 Å². The minimum absolute atomic E-state index is 0.103. The van der Waals surface area contributed by atoms with Gasteiger partial charge >= 0.3 is 0 Å². The Morgan fingerprint density at radius 2 is 1.77 bits per heavy atom. The Morgan fingerprint density at radius 1 is 1.08 bits per heavy atom. The third-order valence-corrected chi connectivity index (χ3v) is 5.54. The van der Waals surface area contributed by atoms with E-state index in [-0.39, 0.29) is 18.9 Å². The Balaban J connectivity index is 2.03. The summed E-state index contributed by atoms with van der Waals surface area (Å²) in [6.45, 7) is 6.37. The van der Waals surface area contributed by atoms with Crippen molar-refractivity contribution in [3.63, 3.8) is 0 Å². The highest BCUT2D eigenvalue weighted by Crippen LogP contribution is 2.25. The Labute approximate surface area is 156 Å². The molecular weight excluding hydrogens is 348 g/mol. The van der Waals surface area contributed by atoms with Crippen LogP contribution < -0.4 is 9.62 Å². The van der Waals surface area contributed by atoms with E-state index in [9.17, 15) is 13.2 Å². The molecule has 0 unspecified atom stereocenters. The van der Waals surface area contributed by atoms with E-state index in [1.54, 1.807) is 6.07 Å². The van der Waals surface area contributed by atoms with Gasteiger partial charge in [0.25, 0.3) is 0 Å². The molecule has 0 aliphatic rings. The summed E-state index contributed by atoms with van der Waals surface area (Å²) >= 11 is 0. The lowest BCUT2D eigenvalue weighted by Crippen LogP contribution is -2.35. The fourth-order valence-electron chi connectivity index (χ4n) is 2.78. The van der Waals surface area contributed by atoms with Gasteiger partial charge in [-0.05, 0) is 43.5 Å². The van der Waals surface area contributed by atoms with E-state index >= 15 is 0 Å².